The van der Waals surface area contributed by atoms with Crippen LogP contribution in [-0.2, 0) is 19.9 Å². The van der Waals surface area contributed by atoms with E-state index in [2.05, 4.69) is 9.30 Å². The van der Waals surface area contributed by atoms with Gasteiger partial charge in [0.2, 0.25) is 0 Å². The Bertz CT molecular complexity index is 1530. The number of nitrogens with two attached hydrogens (primary N) is 1. The lowest BCUT2D eigenvalue weighted by Crippen LogP contribution is -2.35. The molecule has 1 heterocycles. The summed E-state index contributed by atoms with van der Waals surface area (Å²) >= 11 is 0. The number of sulfonamides is 1. The number of halogens is 2. The molecule has 3 aromatic carbocycles. The molecule has 40 heavy (non-hydrogen) atoms. The van der Waals surface area contributed by atoms with Crippen molar-refractivity contribution in [2.75, 3.05) is 31.6 Å². The molecule has 1 aliphatic heterocycles. The van der Waals surface area contributed by atoms with Crippen LogP contribution in [0.3, 0.4) is 0 Å². The van der Waals surface area contributed by atoms with Crippen LogP contribution in [0.4, 0.5) is 14.5 Å². The standard InChI is InChI=1S/C29H33F2N3O4S2/c1-39(35,36)27-6-2-22(3-7-27)29(23-18-24(30)20-25(31)19-23)13-17-34-15-11-21(12-16-34)10-14-33-40(37,38)28-8-4-26(32)5-9-28/h2-9,14,18-21,29H,10-13,15-17,32H2,1H3/b33-14-/t29-/m1/s1. The van der Waals surface area contributed by atoms with Crippen LogP contribution in [0.1, 0.15) is 42.7 Å². The molecule has 0 radical (unpaired) electrons. The van der Waals surface area contributed by atoms with Gasteiger partial charge in [-0.3, -0.25) is 0 Å². The Balaban J connectivity index is 1.36. The van der Waals surface area contributed by atoms with Gasteiger partial charge in [0.1, 0.15) is 11.6 Å². The first-order valence-corrected chi connectivity index (χ1v) is 16.4. The molecule has 0 unspecified atom stereocenters. The highest BCUT2D eigenvalue weighted by atomic mass is 32.2. The van der Waals surface area contributed by atoms with Gasteiger partial charge in [-0.1, -0.05) is 12.1 Å². The average molecular weight is 590 g/mol. The predicted molar refractivity (Wildman–Crippen MR) is 153 cm³/mol. The van der Waals surface area contributed by atoms with E-state index in [4.69, 9.17) is 5.73 Å². The number of likely N-dealkylation sites (tertiary alicyclic amines) is 1. The minimum Gasteiger partial charge on any atom is -0.399 e. The van der Waals surface area contributed by atoms with Crippen molar-refractivity contribution in [3.63, 3.8) is 0 Å². The number of hydrogen-bond acceptors (Lipinski definition) is 6. The molecule has 0 saturated carbocycles. The van der Waals surface area contributed by atoms with Crippen LogP contribution < -0.4 is 5.73 Å². The number of nitrogen functional groups attached to an aromatic ring is 1. The Morgan fingerprint density at radius 3 is 2.05 bits per heavy atom. The summed E-state index contributed by atoms with van der Waals surface area (Å²) in [6.45, 7) is 2.30. The number of piperidine rings is 1. The molecule has 214 valence electrons. The third-order valence-corrected chi connectivity index (χ3v) is 9.69. The second-order valence-electron chi connectivity index (χ2n) is 10.2. The summed E-state index contributed by atoms with van der Waals surface area (Å²) in [5.74, 6) is -1.33. The topological polar surface area (TPSA) is 110 Å². The number of hydrogen-bond donors (Lipinski definition) is 1. The highest BCUT2D eigenvalue weighted by Gasteiger charge is 2.22. The van der Waals surface area contributed by atoms with Crippen LogP contribution in [0.5, 0.6) is 0 Å². The molecule has 0 spiro atoms. The van der Waals surface area contributed by atoms with Crippen molar-refractivity contribution in [2.45, 2.75) is 41.4 Å². The van der Waals surface area contributed by atoms with E-state index in [1.54, 1.807) is 12.1 Å². The maximum atomic E-state index is 14.1. The zero-order valence-corrected chi connectivity index (χ0v) is 23.8. The highest BCUT2D eigenvalue weighted by Crippen LogP contribution is 2.31. The van der Waals surface area contributed by atoms with Gasteiger partial charge in [-0.25, -0.2) is 17.2 Å². The Kier molecular flexibility index (Phi) is 9.37. The molecular weight excluding hydrogens is 556 g/mol. The quantitative estimate of drug-likeness (QED) is 0.262. The van der Waals surface area contributed by atoms with Crippen LogP contribution in [0.2, 0.25) is 0 Å². The van der Waals surface area contributed by atoms with Gasteiger partial charge in [-0.05, 0) is 111 Å². The van der Waals surface area contributed by atoms with Gasteiger partial charge < -0.3 is 10.6 Å². The molecule has 1 fully saturated rings. The maximum absolute atomic E-state index is 14.1. The molecule has 0 aromatic heterocycles. The fourth-order valence-electron chi connectivity index (χ4n) is 5.00. The molecule has 1 aliphatic rings. The number of anilines is 1. The molecule has 0 amide bonds. The van der Waals surface area contributed by atoms with Crippen LogP contribution in [-0.4, -0.2) is 53.8 Å². The largest absolute Gasteiger partial charge is 0.399 e. The molecule has 1 saturated heterocycles. The third kappa shape index (κ3) is 7.96. The normalized spacial score (nSPS) is 16.4. The van der Waals surface area contributed by atoms with Gasteiger partial charge in [-0.2, -0.15) is 12.8 Å². The Morgan fingerprint density at radius 2 is 1.48 bits per heavy atom. The van der Waals surface area contributed by atoms with Crippen molar-refractivity contribution in [3.8, 4) is 0 Å². The van der Waals surface area contributed by atoms with E-state index in [0.29, 0.717) is 36.6 Å². The van der Waals surface area contributed by atoms with Gasteiger partial charge in [0.25, 0.3) is 10.0 Å². The Labute approximate surface area is 234 Å². The zero-order valence-electron chi connectivity index (χ0n) is 22.2. The third-order valence-electron chi connectivity index (χ3n) is 7.27. The number of rotatable bonds is 10. The number of nitrogens with zero attached hydrogens (tertiary/aromatic N) is 2. The monoisotopic (exact) mass is 589 g/mol. The lowest BCUT2D eigenvalue weighted by Gasteiger charge is -2.32. The molecule has 2 N–H and O–H groups in total. The predicted octanol–water partition coefficient (Wildman–Crippen LogP) is 5.03. The summed E-state index contributed by atoms with van der Waals surface area (Å²) in [6, 6.07) is 15.9. The van der Waals surface area contributed by atoms with Gasteiger partial charge in [-0.15, -0.1) is 0 Å². The second kappa shape index (κ2) is 12.6. The van der Waals surface area contributed by atoms with Crippen molar-refractivity contribution in [1.82, 2.24) is 4.90 Å². The summed E-state index contributed by atoms with van der Waals surface area (Å²) in [5.41, 5.74) is 7.38. The fourth-order valence-corrected chi connectivity index (χ4v) is 6.51. The molecular formula is C29H33F2N3O4S2. The van der Waals surface area contributed by atoms with E-state index in [0.717, 1.165) is 43.8 Å². The number of benzene rings is 3. The van der Waals surface area contributed by atoms with E-state index in [-0.39, 0.29) is 15.7 Å². The summed E-state index contributed by atoms with van der Waals surface area (Å²) in [4.78, 5) is 2.57. The lowest BCUT2D eigenvalue weighted by molar-refractivity contribution is 0.184. The summed E-state index contributed by atoms with van der Waals surface area (Å²) < 4.78 is 80.5. The van der Waals surface area contributed by atoms with E-state index >= 15 is 0 Å². The Hall–Kier alpha value is -3.15. The van der Waals surface area contributed by atoms with Crippen molar-refractivity contribution < 1.29 is 25.6 Å². The van der Waals surface area contributed by atoms with Crippen molar-refractivity contribution in [2.24, 2.45) is 10.3 Å². The van der Waals surface area contributed by atoms with Crippen LogP contribution in [0.15, 0.2) is 80.9 Å². The molecule has 0 aliphatic carbocycles. The number of sulfone groups is 1. The minimum absolute atomic E-state index is 0.103. The molecule has 7 nitrogen and oxygen atoms in total. The van der Waals surface area contributed by atoms with Crippen LogP contribution >= 0.6 is 0 Å². The average Bonchev–Trinajstić information content (AvgIpc) is 2.89. The fraction of sp³-hybridized carbons (Fsp3) is 0.345. The lowest BCUT2D eigenvalue weighted by atomic mass is 9.87. The summed E-state index contributed by atoms with van der Waals surface area (Å²) in [7, 11) is -7.12. The Morgan fingerprint density at radius 1 is 0.900 bits per heavy atom. The summed E-state index contributed by atoms with van der Waals surface area (Å²) in [5, 5.41) is 0. The highest BCUT2D eigenvalue weighted by molar-refractivity contribution is 7.90. The first-order valence-electron chi connectivity index (χ1n) is 13.0. The van der Waals surface area contributed by atoms with Gasteiger partial charge in [0.15, 0.2) is 9.84 Å². The molecule has 0 bridgehead atoms. The van der Waals surface area contributed by atoms with Gasteiger partial charge >= 0.3 is 0 Å². The SMILES string of the molecule is CS(=O)(=O)c1ccc([C@@H](CCN2CCC(C/C=N\S(=O)(=O)c3ccc(N)cc3)CC2)c2cc(F)cc(F)c2)cc1. The van der Waals surface area contributed by atoms with Crippen molar-refractivity contribution in [3.05, 3.63) is 89.5 Å². The smallest absolute Gasteiger partial charge is 0.281 e. The van der Waals surface area contributed by atoms with Gasteiger partial charge in [0, 0.05) is 30.1 Å². The van der Waals surface area contributed by atoms with E-state index < -0.39 is 31.5 Å². The minimum atomic E-state index is -3.76. The van der Waals surface area contributed by atoms with E-state index in [1.807, 2.05) is 0 Å². The first kappa shape index (κ1) is 29.8. The molecule has 3 aromatic rings. The van der Waals surface area contributed by atoms with Crippen LogP contribution in [0, 0.1) is 17.6 Å². The molecule has 1 atom stereocenters. The van der Waals surface area contributed by atoms with E-state index in [1.165, 1.54) is 54.7 Å². The second-order valence-corrected chi connectivity index (χ2v) is 13.9. The van der Waals surface area contributed by atoms with Crippen molar-refractivity contribution in [1.29, 1.82) is 0 Å². The first-order chi connectivity index (χ1) is 18.9. The zero-order chi connectivity index (χ0) is 28.9. The molecule has 11 heteroatoms. The maximum Gasteiger partial charge on any atom is 0.281 e. The summed E-state index contributed by atoms with van der Waals surface area (Å²) in [6.07, 6.45) is 5.50. The van der Waals surface area contributed by atoms with Crippen LogP contribution in [0.25, 0.3) is 0 Å². The van der Waals surface area contributed by atoms with Gasteiger partial charge in [0.05, 0.1) is 9.79 Å². The van der Waals surface area contributed by atoms with Crippen molar-refractivity contribution >= 4 is 31.8 Å². The van der Waals surface area contributed by atoms with E-state index in [9.17, 15) is 25.6 Å². The molecule has 4 rings (SSSR count).